The number of aromatic amines is 1. The van der Waals surface area contributed by atoms with Crippen LogP contribution < -0.4 is 15.8 Å². The van der Waals surface area contributed by atoms with Gasteiger partial charge in [-0.2, -0.15) is 0 Å². The van der Waals surface area contributed by atoms with E-state index in [1.807, 2.05) is 6.33 Å². The molecule has 3 aliphatic rings. The first-order valence-electron chi connectivity index (χ1n) is 11.9. The first-order valence-corrected chi connectivity index (χ1v) is 12.7. The average molecular weight is 459 g/mol. The highest BCUT2D eigenvalue weighted by molar-refractivity contribution is 7.21. The van der Waals surface area contributed by atoms with E-state index < -0.39 is 0 Å². The number of hydrogen-bond acceptors (Lipinski definition) is 6. The molecule has 2 aliphatic heterocycles. The summed E-state index contributed by atoms with van der Waals surface area (Å²) in [6, 6.07) is 7.09. The van der Waals surface area contributed by atoms with Crippen LogP contribution in [0.1, 0.15) is 38.1 Å². The van der Waals surface area contributed by atoms with E-state index in [9.17, 15) is 4.79 Å². The number of thiophene rings is 1. The molecule has 1 aromatic carbocycles. The van der Waals surface area contributed by atoms with Gasteiger partial charge in [0.25, 0.3) is 5.56 Å². The lowest BCUT2D eigenvalue weighted by atomic mass is 9.95. The Morgan fingerprint density at radius 1 is 1.12 bits per heavy atom. The van der Waals surface area contributed by atoms with Crippen LogP contribution in [0, 0.1) is 5.92 Å². The molecule has 1 aliphatic carbocycles. The van der Waals surface area contributed by atoms with E-state index in [4.69, 9.17) is 4.98 Å². The van der Waals surface area contributed by atoms with Gasteiger partial charge in [-0.05, 0) is 42.3 Å². The zero-order valence-electron chi connectivity index (χ0n) is 18.4. The average Bonchev–Trinajstić information content (AvgIpc) is 3.60. The summed E-state index contributed by atoms with van der Waals surface area (Å²) in [5.41, 5.74) is 5.43. The van der Waals surface area contributed by atoms with E-state index in [2.05, 4.69) is 49.2 Å². The van der Waals surface area contributed by atoms with Crippen molar-refractivity contribution in [2.45, 2.75) is 38.1 Å². The lowest BCUT2D eigenvalue weighted by Crippen LogP contribution is -2.23. The van der Waals surface area contributed by atoms with Crippen LogP contribution in [0.2, 0.25) is 0 Å². The first kappa shape index (κ1) is 19.3. The molecule has 3 aromatic heterocycles. The number of benzene rings is 1. The summed E-state index contributed by atoms with van der Waals surface area (Å²) >= 11 is 1.68. The quantitative estimate of drug-likeness (QED) is 0.475. The summed E-state index contributed by atoms with van der Waals surface area (Å²) in [7, 11) is 0. The minimum absolute atomic E-state index is 0.0654. The smallest absolute Gasteiger partial charge is 0.261 e. The third-order valence-corrected chi connectivity index (χ3v) is 8.85. The van der Waals surface area contributed by atoms with E-state index in [1.165, 1.54) is 49.5 Å². The molecule has 0 bridgehead atoms. The van der Waals surface area contributed by atoms with Crippen LogP contribution in [-0.2, 0) is 0 Å². The second kappa shape index (κ2) is 7.45. The second-order valence-electron chi connectivity index (χ2n) is 9.54. The third-order valence-electron chi connectivity index (χ3n) is 7.56. The minimum Gasteiger partial charge on any atom is -0.390 e. The number of nitrogens with one attached hydrogen (secondary N) is 2. The van der Waals surface area contributed by atoms with Crippen LogP contribution in [-0.4, -0.2) is 39.2 Å². The summed E-state index contributed by atoms with van der Waals surface area (Å²) < 4.78 is 2.37. The lowest BCUT2D eigenvalue weighted by molar-refractivity contribution is 0.359. The van der Waals surface area contributed by atoms with Gasteiger partial charge in [0.15, 0.2) is 0 Å². The van der Waals surface area contributed by atoms with Crippen molar-refractivity contribution in [3.8, 4) is 10.4 Å². The van der Waals surface area contributed by atoms with Crippen molar-refractivity contribution < 1.29 is 0 Å². The number of hydrogen-bond donors (Lipinski definition) is 2. The molecule has 7 nitrogen and oxygen atoms in total. The van der Waals surface area contributed by atoms with Gasteiger partial charge in [0.1, 0.15) is 10.4 Å². The summed E-state index contributed by atoms with van der Waals surface area (Å²) in [4.78, 5) is 28.4. The van der Waals surface area contributed by atoms with Gasteiger partial charge in [-0.15, -0.1) is 11.3 Å². The van der Waals surface area contributed by atoms with Gasteiger partial charge in [0, 0.05) is 31.6 Å². The van der Waals surface area contributed by atoms with E-state index in [-0.39, 0.29) is 5.56 Å². The fourth-order valence-electron chi connectivity index (χ4n) is 5.85. The zero-order valence-corrected chi connectivity index (χ0v) is 19.2. The molecule has 1 unspecified atom stereocenters. The van der Waals surface area contributed by atoms with Crippen molar-refractivity contribution in [1.29, 1.82) is 0 Å². The second-order valence-corrected chi connectivity index (χ2v) is 10.5. The summed E-state index contributed by atoms with van der Waals surface area (Å²) in [6.45, 7) is 2.79. The molecule has 168 valence electrons. The van der Waals surface area contributed by atoms with Crippen molar-refractivity contribution in [2.75, 3.05) is 24.5 Å². The van der Waals surface area contributed by atoms with Crippen LogP contribution in [0.4, 0.5) is 5.00 Å². The highest BCUT2D eigenvalue weighted by atomic mass is 32.1. The fourth-order valence-corrected chi connectivity index (χ4v) is 7.10. The number of nitrogens with zero attached hydrogens (tertiary/aromatic N) is 4. The van der Waals surface area contributed by atoms with Crippen LogP contribution in [0.5, 0.6) is 0 Å². The van der Waals surface area contributed by atoms with E-state index in [0.717, 1.165) is 46.1 Å². The van der Waals surface area contributed by atoms with Crippen molar-refractivity contribution in [2.24, 2.45) is 5.92 Å². The van der Waals surface area contributed by atoms with Crippen molar-refractivity contribution in [1.82, 2.24) is 24.8 Å². The van der Waals surface area contributed by atoms with Crippen LogP contribution in [0.15, 0.2) is 47.4 Å². The Morgan fingerprint density at radius 2 is 2.03 bits per heavy atom. The molecular formula is C25H26N6OS. The summed E-state index contributed by atoms with van der Waals surface area (Å²) in [5, 5.41) is 5.08. The molecule has 2 N–H and O–H groups in total. The van der Waals surface area contributed by atoms with Crippen molar-refractivity contribution in [3.05, 3.63) is 53.0 Å². The third kappa shape index (κ3) is 3.04. The molecule has 33 heavy (non-hydrogen) atoms. The largest absolute Gasteiger partial charge is 0.390 e. The van der Waals surface area contributed by atoms with Gasteiger partial charge in [0.2, 0.25) is 0 Å². The molecule has 7 rings (SSSR count). The van der Waals surface area contributed by atoms with E-state index in [1.54, 1.807) is 11.3 Å². The Morgan fingerprint density at radius 3 is 2.91 bits per heavy atom. The van der Waals surface area contributed by atoms with Gasteiger partial charge in [-0.25, -0.2) is 9.97 Å². The highest BCUT2D eigenvalue weighted by Crippen LogP contribution is 2.44. The summed E-state index contributed by atoms with van der Waals surface area (Å²) in [5.74, 6) is 0.529. The van der Waals surface area contributed by atoms with Crippen LogP contribution in [0.3, 0.4) is 0 Å². The molecular weight excluding hydrogens is 432 g/mol. The van der Waals surface area contributed by atoms with Crippen LogP contribution in [0.25, 0.3) is 32.4 Å². The maximum Gasteiger partial charge on any atom is 0.261 e. The number of aromatic nitrogens is 4. The highest BCUT2D eigenvalue weighted by Gasteiger charge is 2.33. The zero-order chi connectivity index (χ0) is 21.9. The van der Waals surface area contributed by atoms with Gasteiger partial charge in [-0.1, -0.05) is 25.3 Å². The SMILES string of the molecule is O=c1[nH]cnc2c(-c3ccc4c(c3)ncn4C3CCCCC3)sc(N3CC4=CNCC4C3)c12. The Kier molecular flexibility index (Phi) is 4.37. The Balaban J connectivity index is 1.33. The molecule has 1 atom stereocenters. The molecule has 4 aromatic rings. The molecule has 2 fully saturated rings. The Bertz CT molecular complexity index is 1460. The normalized spacial score (nSPS) is 21.0. The molecule has 8 heteroatoms. The molecule has 0 spiro atoms. The number of imidazole rings is 1. The Hall–Kier alpha value is -3.13. The van der Waals surface area contributed by atoms with E-state index in [0.29, 0.717) is 17.3 Å². The molecule has 1 saturated heterocycles. The van der Waals surface area contributed by atoms with Gasteiger partial charge < -0.3 is 19.8 Å². The number of rotatable bonds is 3. The van der Waals surface area contributed by atoms with E-state index >= 15 is 0 Å². The standard InChI is InChI=1S/C25H26N6OS/c32-24-21-22(27-13-28-24)23(33-25(21)30-11-16-9-26-10-17(16)12-30)15-6-7-20-19(8-15)29-14-31(20)18-4-2-1-3-5-18/h6-9,13-14,17-18,26H,1-5,10-12H2,(H,27,28,32). The van der Waals surface area contributed by atoms with Gasteiger partial charge in [-0.3, -0.25) is 4.79 Å². The predicted molar refractivity (Wildman–Crippen MR) is 133 cm³/mol. The maximum absolute atomic E-state index is 12.9. The van der Waals surface area contributed by atoms with Crippen molar-refractivity contribution in [3.63, 3.8) is 0 Å². The topological polar surface area (TPSA) is 78.8 Å². The van der Waals surface area contributed by atoms with Crippen molar-refractivity contribution >= 4 is 38.3 Å². The molecule has 1 saturated carbocycles. The van der Waals surface area contributed by atoms with Gasteiger partial charge >= 0.3 is 0 Å². The number of anilines is 1. The maximum atomic E-state index is 12.9. The van der Waals surface area contributed by atoms with Gasteiger partial charge in [0.05, 0.1) is 34.1 Å². The molecule has 5 heterocycles. The molecule has 0 radical (unpaired) electrons. The number of H-pyrrole nitrogens is 1. The number of fused-ring (bicyclic) bond motifs is 3. The minimum atomic E-state index is -0.0654. The predicted octanol–water partition coefficient (Wildman–Crippen LogP) is 4.43. The monoisotopic (exact) mass is 458 g/mol. The van der Waals surface area contributed by atoms with Crippen LogP contribution >= 0.6 is 11.3 Å². The first-order chi connectivity index (χ1) is 16.3. The molecule has 0 amide bonds. The fraction of sp³-hybridized carbons (Fsp3) is 0.400. The summed E-state index contributed by atoms with van der Waals surface area (Å²) in [6.07, 6.45) is 12.1. The Labute approximate surface area is 195 Å². The lowest BCUT2D eigenvalue weighted by Gasteiger charge is -2.23.